The van der Waals surface area contributed by atoms with Crippen molar-refractivity contribution in [2.24, 2.45) is 0 Å². The summed E-state index contributed by atoms with van der Waals surface area (Å²) in [5.74, 6) is 0.348. The van der Waals surface area contributed by atoms with Crippen molar-refractivity contribution in [2.75, 3.05) is 19.0 Å². The van der Waals surface area contributed by atoms with E-state index in [0.717, 1.165) is 10.9 Å². The molecule has 4 aromatic rings. The monoisotopic (exact) mass is 332 g/mol. The van der Waals surface area contributed by atoms with Gasteiger partial charge in [-0.05, 0) is 41.1 Å². The molecule has 25 heavy (non-hydrogen) atoms. The van der Waals surface area contributed by atoms with E-state index in [-0.39, 0.29) is 12.5 Å². The van der Waals surface area contributed by atoms with E-state index in [0.29, 0.717) is 22.7 Å². The molecule has 4 rings (SSSR count). The third kappa shape index (κ3) is 3.09. The number of rotatable bonds is 4. The van der Waals surface area contributed by atoms with E-state index >= 15 is 0 Å². The zero-order valence-corrected chi connectivity index (χ0v) is 13.7. The van der Waals surface area contributed by atoms with E-state index < -0.39 is 0 Å². The molecule has 0 spiro atoms. The molecule has 0 atom stereocenters. The molecule has 0 radical (unpaired) electrons. The summed E-state index contributed by atoms with van der Waals surface area (Å²) in [5, 5.41) is 5.07. The molecule has 5 heteroatoms. The van der Waals surface area contributed by atoms with Crippen LogP contribution in [0, 0.1) is 0 Å². The molecule has 0 saturated heterocycles. The van der Waals surface area contributed by atoms with E-state index in [2.05, 4.69) is 34.6 Å². The number of anilines is 1. The molecular formula is C20H16N2O3. The van der Waals surface area contributed by atoms with Crippen LogP contribution in [0.3, 0.4) is 0 Å². The van der Waals surface area contributed by atoms with Crippen molar-refractivity contribution in [2.45, 2.75) is 0 Å². The quantitative estimate of drug-likeness (QED) is 0.607. The lowest BCUT2D eigenvalue weighted by molar-refractivity contribution is -0.119. The second kappa shape index (κ2) is 6.37. The molecule has 124 valence electrons. The van der Waals surface area contributed by atoms with Crippen molar-refractivity contribution in [3.8, 4) is 11.5 Å². The zero-order chi connectivity index (χ0) is 17.2. The molecule has 0 bridgehead atoms. The number of oxazole rings is 1. The van der Waals surface area contributed by atoms with Crippen molar-refractivity contribution < 1.29 is 13.9 Å². The van der Waals surface area contributed by atoms with Gasteiger partial charge in [0.15, 0.2) is 5.58 Å². The maximum atomic E-state index is 11.6. The van der Waals surface area contributed by atoms with Gasteiger partial charge in [0.2, 0.25) is 11.8 Å². The van der Waals surface area contributed by atoms with E-state index in [1.807, 2.05) is 18.2 Å². The van der Waals surface area contributed by atoms with Gasteiger partial charge in [-0.3, -0.25) is 4.79 Å². The SMILES string of the molecule is COCC(=O)Nc1ccc2oc(-c3ccc4ccccc4c3)nc2c1. The second-order valence-electron chi connectivity index (χ2n) is 5.74. The summed E-state index contributed by atoms with van der Waals surface area (Å²) >= 11 is 0. The minimum atomic E-state index is -0.208. The molecule has 0 unspecified atom stereocenters. The smallest absolute Gasteiger partial charge is 0.250 e. The van der Waals surface area contributed by atoms with Crippen LogP contribution in [0.4, 0.5) is 5.69 Å². The Bertz CT molecular complexity index is 1070. The highest BCUT2D eigenvalue weighted by atomic mass is 16.5. The van der Waals surface area contributed by atoms with Crippen LogP contribution in [-0.2, 0) is 9.53 Å². The number of ether oxygens (including phenoxy) is 1. The lowest BCUT2D eigenvalue weighted by atomic mass is 10.1. The number of methoxy groups -OCH3 is 1. The van der Waals surface area contributed by atoms with Crippen molar-refractivity contribution >= 4 is 33.5 Å². The maximum absolute atomic E-state index is 11.6. The Morgan fingerprint density at radius 2 is 1.92 bits per heavy atom. The molecule has 0 aliphatic heterocycles. The number of carbonyl (C=O) groups excluding carboxylic acids is 1. The van der Waals surface area contributed by atoms with Crippen LogP contribution in [0.25, 0.3) is 33.3 Å². The van der Waals surface area contributed by atoms with Crippen molar-refractivity contribution in [3.63, 3.8) is 0 Å². The number of carbonyl (C=O) groups is 1. The third-order valence-electron chi connectivity index (χ3n) is 3.94. The average molecular weight is 332 g/mol. The molecule has 0 fully saturated rings. The van der Waals surface area contributed by atoms with Crippen LogP contribution in [0.15, 0.2) is 65.1 Å². The molecule has 0 saturated carbocycles. The van der Waals surface area contributed by atoms with Crippen LogP contribution >= 0.6 is 0 Å². The molecule has 1 aromatic heterocycles. The summed E-state index contributed by atoms with van der Waals surface area (Å²) in [6, 6.07) is 19.6. The average Bonchev–Trinajstić information content (AvgIpc) is 3.05. The van der Waals surface area contributed by atoms with Crippen LogP contribution < -0.4 is 5.32 Å². The predicted molar refractivity (Wildman–Crippen MR) is 97.5 cm³/mol. The normalized spacial score (nSPS) is 11.1. The zero-order valence-electron chi connectivity index (χ0n) is 13.7. The Morgan fingerprint density at radius 3 is 2.76 bits per heavy atom. The predicted octanol–water partition coefficient (Wildman–Crippen LogP) is 4.23. The van der Waals surface area contributed by atoms with E-state index in [1.165, 1.54) is 12.5 Å². The molecule has 1 heterocycles. The number of nitrogens with zero attached hydrogens (tertiary/aromatic N) is 1. The van der Waals surface area contributed by atoms with Crippen molar-refractivity contribution in [3.05, 3.63) is 60.7 Å². The highest BCUT2D eigenvalue weighted by Gasteiger charge is 2.10. The number of aromatic nitrogens is 1. The standard InChI is InChI=1S/C20H16N2O3/c1-24-12-19(23)21-16-8-9-18-17(11-16)22-20(25-18)15-7-6-13-4-2-3-5-14(13)10-15/h2-11H,12H2,1H3,(H,21,23). The van der Waals surface area contributed by atoms with E-state index in [9.17, 15) is 4.79 Å². The van der Waals surface area contributed by atoms with Crippen LogP contribution in [-0.4, -0.2) is 24.6 Å². The van der Waals surface area contributed by atoms with Gasteiger partial charge in [0.05, 0.1) is 0 Å². The minimum absolute atomic E-state index is 0.0131. The first-order valence-electron chi connectivity index (χ1n) is 7.91. The molecule has 5 nitrogen and oxygen atoms in total. The number of fused-ring (bicyclic) bond motifs is 2. The Balaban J connectivity index is 1.69. The Labute approximate surface area is 144 Å². The summed E-state index contributed by atoms with van der Waals surface area (Å²) in [6.45, 7) is 0.0131. The number of hydrogen-bond donors (Lipinski definition) is 1. The van der Waals surface area contributed by atoms with E-state index in [1.54, 1.807) is 18.2 Å². The van der Waals surface area contributed by atoms with Gasteiger partial charge in [0, 0.05) is 18.4 Å². The first-order chi connectivity index (χ1) is 12.2. The van der Waals surface area contributed by atoms with Crippen LogP contribution in [0.5, 0.6) is 0 Å². The first kappa shape index (κ1) is 15.4. The number of hydrogen-bond acceptors (Lipinski definition) is 4. The van der Waals surface area contributed by atoms with Crippen molar-refractivity contribution in [1.82, 2.24) is 4.98 Å². The highest BCUT2D eigenvalue weighted by Crippen LogP contribution is 2.28. The number of nitrogens with one attached hydrogen (secondary N) is 1. The summed E-state index contributed by atoms with van der Waals surface area (Å²) in [5.41, 5.74) is 2.94. The van der Waals surface area contributed by atoms with Gasteiger partial charge in [-0.2, -0.15) is 0 Å². The second-order valence-corrected chi connectivity index (χ2v) is 5.74. The van der Waals surface area contributed by atoms with Gasteiger partial charge >= 0.3 is 0 Å². The first-order valence-corrected chi connectivity index (χ1v) is 7.91. The summed E-state index contributed by atoms with van der Waals surface area (Å²) < 4.78 is 10.7. The third-order valence-corrected chi connectivity index (χ3v) is 3.94. The Kier molecular flexibility index (Phi) is 3.91. The minimum Gasteiger partial charge on any atom is -0.436 e. The fraction of sp³-hybridized carbons (Fsp3) is 0.100. The van der Waals surface area contributed by atoms with Gasteiger partial charge in [0.25, 0.3) is 0 Å². The van der Waals surface area contributed by atoms with Gasteiger partial charge in [-0.15, -0.1) is 0 Å². The van der Waals surface area contributed by atoms with Gasteiger partial charge in [0.1, 0.15) is 12.1 Å². The highest BCUT2D eigenvalue weighted by molar-refractivity contribution is 5.94. The van der Waals surface area contributed by atoms with Gasteiger partial charge in [-0.25, -0.2) is 4.98 Å². The Morgan fingerprint density at radius 1 is 1.08 bits per heavy atom. The van der Waals surface area contributed by atoms with Crippen molar-refractivity contribution in [1.29, 1.82) is 0 Å². The van der Waals surface area contributed by atoms with E-state index in [4.69, 9.17) is 9.15 Å². The van der Waals surface area contributed by atoms with Gasteiger partial charge < -0.3 is 14.5 Å². The summed E-state index contributed by atoms with van der Waals surface area (Å²) in [7, 11) is 1.48. The van der Waals surface area contributed by atoms with Gasteiger partial charge in [-0.1, -0.05) is 30.3 Å². The molecule has 0 aliphatic carbocycles. The Hall–Kier alpha value is -3.18. The largest absolute Gasteiger partial charge is 0.436 e. The van der Waals surface area contributed by atoms with Crippen LogP contribution in [0.1, 0.15) is 0 Å². The number of amides is 1. The topological polar surface area (TPSA) is 64.4 Å². The van der Waals surface area contributed by atoms with Crippen LogP contribution in [0.2, 0.25) is 0 Å². The lowest BCUT2D eigenvalue weighted by Crippen LogP contribution is -2.16. The fourth-order valence-electron chi connectivity index (χ4n) is 2.78. The molecule has 1 N–H and O–H groups in total. The summed E-state index contributed by atoms with van der Waals surface area (Å²) in [4.78, 5) is 16.2. The fourth-order valence-corrected chi connectivity index (χ4v) is 2.78. The maximum Gasteiger partial charge on any atom is 0.250 e. The molecule has 3 aromatic carbocycles. The molecule has 0 aliphatic rings. The number of benzene rings is 3. The molecular weight excluding hydrogens is 316 g/mol. The summed E-state index contributed by atoms with van der Waals surface area (Å²) in [6.07, 6.45) is 0. The lowest BCUT2D eigenvalue weighted by Gasteiger charge is -2.03. The molecule has 1 amide bonds.